The van der Waals surface area contributed by atoms with Crippen LogP contribution in [0.15, 0.2) is 12.1 Å². The summed E-state index contributed by atoms with van der Waals surface area (Å²) in [5.74, 6) is -8.05. The third kappa shape index (κ3) is 14.1. The highest BCUT2D eigenvalue weighted by Gasteiger charge is 2.61. The van der Waals surface area contributed by atoms with Crippen LogP contribution in [0.2, 0.25) is 5.02 Å². The summed E-state index contributed by atoms with van der Waals surface area (Å²) in [4.78, 5) is 89.5. The number of aliphatic hydroxyl groups is 2. The van der Waals surface area contributed by atoms with Gasteiger partial charge in [0.15, 0.2) is 36.4 Å². The van der Waals surface area contributed by atoms with E-state index in [-0.39, 0.29) is 50.6 Å². The van der Waals surface area contributed by atoms with E-state index in [0.717, 1.165) is 12.8 Å². The smallest absolute Gasteiger partial charge is 0.410 e. The Hall–Kier alpha value is -4.27. The van der Waals surface area contributed by atoms with Gasteiger partial charge in [-0.1, -0.05) is 39.3 Å². The standard InChI is InChI=1S/C59H92ClN5O18/c1-16-42-59(10)50(64(17-2)56(73)83-59)31(4)46(67)30(3)27-57(8,74)51(82-55-48(69)41(62(11)12)26-44(75-14)81-55)32(5)49(33(6)54(72)78-42)80-45-28-58(9,76-15)52(34(7)77-45)79-43(66)20-22-63(13)23-21-61-39-24-36-40(25-38(39)60)65(35-18-19-35)29-37(47(36)68)53(70)71/h24-25,30-35,37,41-42,44-45,48-52,55,61,69,74H,16-23,26-29H2,1-15H3,(H,70,71)/t30-,31+,32+,33-,34+,37?,41+,42-,44+,45?,48-,49+,50+,51-,52+,55?,57-,58-,59-/m1/s1. The molecule has 4 saturated heterocycles. The number of halogens is 1. The minimum atomic E-state index is -1.89. The first kappa shape index (κ1) is 66.3. The minimum absolute atomic E-state index is 0.00116. The van der Waals surface area contributed by atoms with E-state index in [9.17, 15) is 44.1 Å². The molecule has 4 N–H and O–H groups in total. The SMILES string of the molecule is CC[C@H]1OC(=O)[C@H](C)[C@@H](OC2C[C@@](C)(OC)[C@@H](OC(=O)CCN(C)CCNc3cc4c(cc3Cl)N(C3CC3)CC(C(=O)O)C4=O)[C@H](C)O2)[C@H](C)[C@@H](OC2O[C@H](OC)C[C@H](N(C)C)[C@H]2O)[C@](C)(O)C[C@@H](C)C(=O)[C@H](C)[C@@H]2N(CC)C(=O)O[C@@]21C. The maximum atomic E-state index is 14.9. The summed E-state index contributed by atoms with van der Waals surface area (Å²) in [5.41, 5.74) is -3.10. The van der Waals surface area contributed by atoms with Gasteiger partial charge in [-0.3, -0.25) is 24.0 Å². The second-order valence-corrected chi connectivity index (χ2v) is 25.3. The van der Waals surface area contributed by atoms with E-state index in [1.807, 2.05) is 21.7 Å². The molecule has 5 heterocycles. The van der Waals surface area contributed by atoms with Crippen molar-refractivity contribution in [2.24, 2.45) is 29.6 Å². The quantitative estimate of drug-likeness (QED) is 0.0771. The van der Waals surface area contributed by atoms with Gasteiger partial charge in [0, 0.05) is 101 Å². The van der Waals surface area contributed by atoms with Crippen molar-refractivity contribution in [3.8, 4) is 0 Å². The lowest BCUT2D eigenvalue weighted by atomic mass is 9.73. The molecule has 23 nitrogen and oxygen atoms in total. The number of amides is 1. The van der Waals surface area contributed by atoms with E-state index >= 15 is 0 Å². The van der Waals surface area contributed by atoms with Crippen molar-refractivity contribution in [2.45, 2.75) is 205 Å². The first-order valence-electron chi connectivity index (χ1n) is 29.4. The summed E-state index contributed by atoms with van der Waals surface area (Å²) in [6.45, 7) is 18.6. The number of ether oxygens (including phenoxy) is 9. The van der Waals surface area contributed by atoms with Crippen molar-refractivity contribution in [3.63, 3.8) is 0 Å². The van der Waals surface area contributed by atoms with Crippen molar-refractivity contribution in [1.29, 1.82) is 0 Å². The highest BCUT2D eigenvalue weighted by molar-refractivity contribution is 6.34. The summed E-state index contributed by atoms with van der Waals surface area (Å²) >= 11 is 6.71. The number of carboxylic acid groups (broad SMARTS) is 1. The molecule has 468 valence electrons. The van der Waals surface area contributed by atoms with E-state index in [1.54, 1.807) is 88.5 Å². The second-order valence-electron chi connectivity index (χ2n) is 24.9. The maximum absolute atomic E-state index is 14.9. The number of nitrogens with one attached hydrogen (secondary N) is 1. The van der Waals surface area contributed by atoms with Gasteiger partial charge in [-0.25, -0.2) is 4.79 Å². The topological polar surface area (TPSA) is 271 Å². The van der Waals surface area contributed by atoms with Crippen molar-refractivity contribution in [2.75, 3.05) is 78.3 Å². The molecular formula is C59H92ClN5O18. The van der Waals surface area contributed by atoms with E-state index in [1.165, 1.54) is 26.0 Å². The molecule has 1 aliphatic carbocycles. The van der Waals surface area contributed by atoms with Crippen LogP contribution < -0.4 is 10.2 Å². The number of anilines is 2. The molecule has 3 unspecified atom stereocenters. The minimum Gasteiger partial charge on any atom is -0.481 e. The molecule has 5 aliphatic heterocycles. The maximum Gasteiger partial charge on any atom is 0.410 e. The number of carboxylic acids is 1. The fraction of sp³-hybridized carbons (Fsp3) is 0.797. The van der Waals surface area contributed by atoms with Gasteiger partial charge in [0.1, 0.15) is 29.5 Å². The number of cyclic esters (lactones) is 1. The summed E-state index contributed by atoms with van der Waals surface area (Å²) in [5, 5.41) is 38.3. The number of likely N-dealkylation sites (N-methyl/N-ethyl adjacent to an activating group) is 3. The molecule has 19 atom stereocenters. The number of nitrogens with zero attached hydrogens (tertiary/aromatic N) is 4. The van der Waals surface area contributed by atoms with E-state index < -0.39 is 144 Å². The van der Waals surface area contributed by atoms with Crippen molar-refractivity contribution < 1.29 is 86.7 Å². The van der Waals surface area contributed by atoms with Crippen molar-refractivity contribution in [1.82, 2.24) is 14.7 Å². The molecule has 0 radical (unpaired) electrons. The predicted octanol–water partition coefficient (Wildman–Crippen LogP) is 5.36. The predicted molar refractivity (Wildman–Crippen MR) is 304 cm³/mol. The van der Waals surface area contributed by atoms with Crippen LogP contribution in [0.4, 0.5) is 16.2 Å². The normalized spacial score (nSPS) is 38.3. The number of benzene rings is 1. The van der Waals surface area contributed by atoms with Gasteiger partial charge < -0.3 is 82.9 Å². The van der Waals surface area contributed by atoms with Gasteiger partial charge in [-0.05, 0) is 101 Å². The van der Waals surface area contributed by atoms with Crippen molar-refractivity contribution in [3.05, 3.63) is 22.7 Å². The van der Waals surface area contributed by atoms with Crippen LogP contribution in [-0.4, -0.2) is 224 Å². The number of Topliss-reactive ketones (excluding diaryl/α,β-unsaturated/α-hetero) is 2. The molecule has 0 spiro atoms. The molecular weight excluding hydrogens is 1100 g/mol. The summed E-state index contributed by atoms with van der Waals surface area (Å²) in [6, 6.07) is 2.19. The average molecular weight is 1190 g/mol. The molecule has 6 aliphatic rings. The number of carbonyl (C=O) groups is 6. The number of carbonyl (C=O) groups excluding carboxylic acids is 5. The fourth-order valence-corrected chi connectivity index (χ4v) is 13.7. The molecule has 24 heteroatoms. The Balaban J connectivity index is 1.09. The molecule has 1 saturated carbocycles. The number of methoxy groups -OCH3 is 2. The number of esters is 2. The Labute approximate surface area is 493 Å². The first-order valence-corrected chi connectivity index (χ1v) is 29.8. The zero-order valence-corrected chi connectivity index (χ0v) is 51.8. The number of rotatable bonds is 19. The van der Waals surface area contributed by atoms with E-state index in [2.05, 4.69) is 5.32 Å². The molecule has 0 aromatic heterocycles. The number of hydrogen-bond acceptors (Lipinski definition) is 21. The zero-order chi connectivity index (χ0) is 61.4. The Morgan fingerprint density at radius 1 is 0.916 bits per heavy atom. The van der Waals surface area contributed by atoms with Crippen LogP contribution in [-0.2, 0) is 61.8 Å². The fourth-order valence-electron chi connectivity index (χ4n) is 13.5. The third-order valence-electron chi connectivity index (χ3n) is 18.4. The lowest BCUT2D eigenvalue weighted by Gasteiger charge is -2.49. The summed E-state index contributed by atoms with van der Waals surface area (Å²) in [7, 11) is 8.42. The summed E-state index contributed by atoms with van der Waals surface area (Å²) < 4.78 is 57.0. The Morgan fingerprint density at radius 2 is 1.60 bits per heavy atom. The monoisotopic (exact) mass is 1190 g/mol. The highest BCUT2D eigenvalue weighted by Crippen LogP contribution is 2.46. The zero-order valence-electron chi connectivity index (χ0n) is 51.1. The number of aliphatic carboxylic acids is 1. The van der Waals surface area contributed by atoms with Gasteiger partial charge in [0.05, 0.1) is 53.0 Å². The molecule has 5 fully saturated rings. The Morgan fingerprint density at radius 3 is 2.20 bits per heavy atom. The number of hydrogen-bond donors (Lipinski definition) is 4. The molecule has 83 heavy (non-hydrogen) atoms. The molecule has 1 aromatic carbocycles. The molecule has 0 bridgehead atoms. The van der Waals surface area contributed by atoms with Crippen LogP contribution in [0.3, 0.4) is 0 Å². The van der Waals surface area contributed by atoms with Crippen LogP contribution in [0.25, 0.3) is 0 Å². The van der Waals surface area contributed by atoms with Gasteiger partial charge >= 0.3 is 24.0 Å². The van der Waals surface area contributed by atoms with Gasteiger partial charge in [0.25, 0.3) is 0 Å². The Kier molecular flexibility index (Phi) is 21.4. The van der Waals surface area contributed by atoms with Gasteiger partial charge in [0.2, 0.25) is 0 Å². The van der Waals surface area contributed by atoms with Gasteiger partial charge in [-0.2, -0.15) is 0 Å². The number of aliphatic hydroxyl groups excluding tert-OH is 1. The van der Waals surface area contributed by atoms with Gasteiger partial charge in [-0.15, -0.1) is 0 Å². The van der Waals surface area contributed by atoms with E-state index in [4.69, 9.17) is 54.2 Å². The first-order chi connectivity index (χ1) is 38.9. The van der Waals surface area contributed by atoms with E-state index in [0.29, 0.717) is 48.0 Å². The highest BCUT2D eigenvalue weighted by atomic mass is 35.5. The van der Waals surface area contributed by atoms with Crippen molar-refractivity contribution >= 4 is 58.5 Å². The number of fused-ring (bicyclic) bond motifs is 2. The van der Waals surface area contributed by atoms with Crippen LogP contribution >= 0.6 is 11.6 Å². The molecule has 1 aromatic rings. The largest absolute Gasteiger partial charge is 0.481 e. The third-order valence-corrected chi connectivity index (χ3v) is 18.7. The summed E-state index contributed by atoms with van der Waals surface area (Å²) in [6.07, 6.45) is -8.29. The lowest BCUT2D eigenvalue weighted by molar-refractivity contribution is -0.340. The number of ketones is 2. The van der Waals surface area contributed by atoms with Crippen LogP contribution in [0, 0.1) is 29.6 Å². The van der Waals surface area contributed by atoms with Crippen LogP contribution in [0.5, 0.6) is 0 Å². The second kappa shape index (κ2) is 26.8. The average Bonchev–Trinajstić information content (AvgIpc) is 2.88. The van der Waals surface area contributed by atoms with Crippen LogP contribution in [0.1, 0.15) is 125 Å². The molecule has 1 amide bonds. The molecule has 7 rings (SSSR count). The lowest BCUT2D eigenvalue weighted by Crippen LogP contribution is -2.62. The Bertz CT molecular complexity index is 2500.